The number of amides is 1. The van der Waals surface area contributed by atoms with Crippen molar-refractivity contribution in [2.24, 2.45) is 0 Å². The third kappa shape index (κ3) is 4.91. The molecule has 2 aromatic rings. The van der Waals surface area contributed by atoms with E-state index in [2.05, 4.69) is 11.9 Å². The van der Waals surface area contributed by atoms with Crippen LogP contribution in [0.2, 0.25) is 0 Å². The molecule has 0 unspecified atom stereocenters. The summed E-state index contributed by atoms with van der Waals surface area (Å²) in [6.45, 7) is 3.91. The molecule has 25 heavy (non-hydrogen) atoms. The van der Waals surface area contributed by atoms with Gasteiger partial charge in [-0.2, -0.15) is 0 Å². The molecular weight excluding hydrogens is 328 g/mol. The first-order valence-corrected chi connectivity index (χ1v) is 7.40. The summed E-state index contributed by atoms with van der Waals surface area (Å²) < 4.78 is 37.7. The molecule has 0 radical (unpaired) electrons. The van der Waals surface area contributed by atoms with Crippen LogP contribution in [-0.2, 0) is 4.79 Å². The van der Waals surface area contributed by atoms with Gasteiger partial charge in [0, 0.05) is 6.08 Å². The predicted octanol–water partition coefficient (Wildman–Crippen LogP) is 4.19. The van der Waals surface area contributed by atoms with E-state index in [1.165, 1.54) is 25.3 Å². The summed E-state index contributed by atoms with van der Waals surface area (Å²) in [6.07, 6.45) is 4.28. The van der Waals surface area contributed by atoms with E-state index in [1.54, 1.807) is 24.3 Å². The lowest BCUT2D eigenvalue weighted by atomic mass is 10.2. The van der Waals surface area contributed by atoms with Gasteiger partial charge in [-0.1, -0.05) is 24.8 Å². The zero-order valence-corrected chi connectivity index (χ0v) is 13.6. The molecule has 130 valence electrons. The number of para-hydroxylation sites is 1. The Morgan fingerprint density at radius 3 is 2.56 bits per heavy atom. The maximum Gasteiger partial charge on any atom is 0.248 e. The van der Waals surface area contributed by atoms with Crippen LogP contribution < -0.4 is 14.8 Å². The number of anilines is 1. The molecule has 0 saturated carbocycles. The molecule has 1 N–H and O–H groups in total. The number of rotatable bonds is 7. The predicted molar refractivity (Wildman–Crippen MR) is 92.7 cm³/mol. The van der Waals surface area contributed by atoms with Gasteiger partial charge in [0.05, 0.1) is 7.11 Å². The number of halogens is 2. The van der Waals surface area contributed by atoms with Crippen molar-refractivity contribution in [2.45, 2.75) is 0 Å². The standard InChI is InChI=1S/C19H17F2NO3/c1-3-11-25-16-9-7-13(12-17(16)24-2)8-10-18(23)22-19-14(20)5-4-6-15(19)21/h3-10,12H,1,11H2,2H3,(H,22,23)/b10-8+. The van der Waals surface area contributed by atoms with E-state index in [-0.39, 0.29) is 0 Å². The van der Waals surface area contributed by atoms with E-state index >= 15 is 0 Å². The zero-order valence-electron chi connectivity index (χ0n) is 13.6. The van der Waals surface area contributed by atoms with Gasteiger partial charge >= 0.3 is 0 Å². The largest absolute Gasteiger partial charge is 0.493 e. The fraction of sp³-hybridized carbons (Fsp3) is 0.105. The molecule has 0 heterocycles. The zero-order chi connectivity index (χ0) is 18.2. The summed E-state index contributed by atoms with van der Waals surface area (Å²) in [5.41, 5.74) is 0.176. The summed E-state index contributed by atoms with van der Waals surface area (Å²) >= 11 is 0. The lowest BCUT2D eigenvalue weighted by molar-refractivity contribution is -0.111. The second-order valence-corrected chi connectivity index (χ2v) is 4.93. The second kappa shape index (κ2) is 8.63. The van der Waals surface area contributed by atoms with Crippen LogP contribution in [0, 0.1) is 11.6 Å². The molecule has 1 amide bonds. The summed E-state index contributed by atoms with van der Waals surface area (Å²) in [4.78, 5) is 11.9. The Morgan fingerprint density at radius 2 is 1.92 bits per heavy atom. The molecule has 0 atom stereocenters. The van der Waals surface area contributed by atoms with Crippen LogP contribution in [0.25, 0.3) is 6.08 Å². The van der Waals surface area contributed by atoms with Crippen LogP contribution >= 0.6 is 0 Å². The average Bonchev–Trinajstić information content (AvgIpc) is 2.61. The van der Waals surface area contributed by atoms with E-state index in [0.717, 1.165) is 12.1 Å². The molecule has 0 saturated heterocycles. The minimum absolute atomic E-state index is 0.335. The number of ether oxygens (including phenoxy) is 2. The maximum atomic E-state index is 13.5. The van der Waals surface area contributed by atoms with Crippen LogP contribution in [0.5, 0.6) is 11.5 Å². The monoisotopic (exact) mass is 345 g/mol. The lowest BCUT2D eigenvalue weighted by Gasteiger charge is -2.09. The molecule has 2 rings (SSSR count). The SMILES string of the molecule is C=CCOc1ccc(/C=C/C(=O)Nc2c(F)cccc2F)cc1OC. The fourth-order valence-electron chi connectivity index (χ4n) is 2.01. The van der Waals surface area contributed by atoms with Crippen molar-refractivity contribution in [3.05, 3.63) is 72.3 Å². The molecule has 4 nitrogen and oxygen atoms in total. The number of carbonyl (C=O) groups is 1. The van der Waals surface area contributed by atoms with E-state index in [0.29, 0.717) is 23.7 Å². The second-order valence-electron chi connectivity index (χ2n) is 4.93. The summed E-state index contributed by atoms with van der Waals surface area (Å²) in [7, 11) is 1.50. The first kappa shape index (κ1) is 18.2. The summed E-state index contributed by atoms with van der Waals surface area (Å²) in [5.74, 6) is -1.31. The lowest BCUT2D eigenvalue weighted by Crippen LogP contribution is -2.10. The molecule has 0 fully saturated rings. The Morgan fingerprint density at radius 1 is 1.20 bits per heavy atom. The number of benzene rings is 2. The van der Waals surface area contributed by atoms with Gasteiger partial charge in [0.1, 0.15) is 23.9 Å². The number of carbonyl (C=O) groups excluding carboxylic acids is 1. The Labute approximate surface area is 144 Å². The van der Waals surface area contributed by atoms with Crippen molar-refractivity contribution >= 4 is 17.7 Å². The number of hydrogen-bond acceptors (Lipinski definition) is 3. The van der Waals surface area contributed by atoms with Gasteiger partial charge in [-0.15, -0.1) is 0 Å². The number of nitrogens with one attached hydrogen (secondary N) is 1. The molecular formula is C19H17F2NO3. The van der Waals surface area contributed by atoms with E-state index in [4.69, 9.17) is 9.47 Å². The molecule has 0 aliphatic carbocycles. The first-order chi connectivity index (χ1) is 12.0. The molecule has 2 aromatic carbocycles. The quantitative estimate of drug-likeness (QED) is 0.605. The van der Waals surface area contributed by atoms with E-state index < -0.39 is 23.2 Å². The van der Waals surface area contributed by atoms with Gasteiger partial charge in [0.25, 0.3) is 0 Å². The van der Waals surface area contributed by atoms with Crippen molar-refractivity contribution in [3.63, 3.8) is 0 Å². The van der Waals surface area contributed by atoms with Crippen LogP contribution in [0.1, 0.15) is 5.56 Å². The summed E-state index contributed by atoms with van der Waals surface area (Å²) in [5, 5.41) is 2.17. The Kier molecular flexibility index (Phi) is 6.28. The Bertz CT molecular complexity index is 783. The van der Waals surface area contributed by atoms with Crippen LogP contribution in [0.4, 0.5) is 14.5 Å². The maximum absolute atomic E-state index is 13.5. The van der Waals surface area contributed by atoms with Gasteiger partial charge in [-0.3, -0.25) is 4.79 Å². The fourth-order valence-corrected chi connectivity index (χ4v) is 2.01. The normalized spacial score (nSPS) is 10.5. The van der Waals surface area contributed by atoms with Gasteiger partial charge in [-0.05, 0) is 35.9 Å². The topological polar surface area (TPSA) is 47.6 Å². The van der Waals surface area contributed by atoms with E-state index in [1.807, 2.05) is 0 Å². The number of hydrogen-bond donors (Lipinski definition) is 1. The molecule has 0 aliphatic rings. The first-order valence-electron chi connectivity index (χ1n) is 7.40. The van der Waals surface area contributed by atoms with Crippen molar-refractivity contribution in [2.75, 3.05) is 19.0 Å². The molecule has 0 bridgehead atoms. The average molecular weight is 345 g/mol. The van der Waals surface area contributed by atoms with E-state index in [9.17, 15) is 13.6 Å². The van der Waals surface area contributed by atoms with Crippen LogP contribution in [0.3, 0.4) is 0 Å². The molecule has 0 aliphatic heterocycles. The third-order valence-corrected chi connectivity index (χ3v) is 3.18. The third-order valence-electron chi connectivity index (χ3n) is 3.18. The van der Waals surface area contributed by atoms with Crippen LogP contribution in [-0.4, -0.2) is 19.6 Å². The minimum atomic E-state index is -0.841. The minimum Gasteiger partial charge on any atom is -0.493 e. The smallest absolute Gasteiger partial charge is 0.248 e. The highest BCUT2D eigenvalue weighted by atomic mass is 19.1. The molecule has 6 heteroatoms. The number of methoxy groups -OCH3 is 1. The highest BCUT2D eigenvalue weighted by Gasteiger charge is 2.10. The van der Waals surface area contributed by atoms with Gasteiger partial charge in [-0.25, -0.2) is 8.78 Å². The van der Waals surface area contributed by atoms with Crippen molar-refractivity contribution in [1.29, 1.82) is 0 Å². The van der Waals surface area contributed by atoms with Gasteiger partial charge in [0.15, 0.2) is 11.5 Å². The Hall–Kier alpha value is -3.15. The summed E-state index contributed by atoms with van der Waals surface area (Å²) in [6, 6.07) is 8.43. The Balaban J connectivity index is 2.10. The van der Waals surface area contributed by atoms with Crippen molar-refractivity contribution in [1.82, 2.24) is 0 Å². The molecule has 0 aromatic heterocycles. The van der Waals surface area contributed by atoms with Gasteiger partial charge < -0.3 is 14.8 Å². The highest BCUT2D eigenvalue weighted by Crippen LogP contribution is 2.28. The molecule has 0 spiro atoms. The van der Waals surface area contributed by atoms with Crippen LogP contribution in [0.15, 0.2) is 55.1 Å². The van der Waals surface area contributed by atoms with Gasteiger partial charge in [0.2, 0.25) is 5.91 Å². The van der Waals surface area contributed by atoms with Crippen molar-refractivity contribution < 1.29 is 23.0 Å². The highest BCUT2D eigenvalue weighted by molar-refractivity contribution is 6.02. The van der Waals surface area contributed by atoms with Crippen molar-refractivity contribution in [3.8, 4) is 11.5 Å².